The molecule has 2 N–H and O–H groups in total. The van der Waals surface area contributed by atoms with Gasteiger partial charge in [0.1, 0.15) is 5.60 Å². The van der Waals surface area contributed by atoms with E-state index in [4.69, 9.17) is 22.1 Å². The van der Waals surface area contributed by atoms with Gasteiger partial charge >= 0.3 is 5.97 Å². The van der Waals surface area contributed by atoms with Gasteiger partial charge in [0, 0.05) is 11.5 Å². The Balaban J connectivity index is 2.78. The Morgan fingerprint density at radius 1 is 1.41 bits per heavy atom. The number of hydrogen-bond donors (Lipinski definition) is 1. The van der Waals surface area contributed by atoms with Gasteiger partial charge in [-0.15, -0.1) is 0 Å². The molecule has 0 aliphatic carbocycles. The lowest BCUT2D eigenvalue weighted by atomic mass is 10.2. The number of halogens is 1. The molecule has 0 aromatic heterocycles. The van der Waals surface area contributed by atoms with Gasteiger partial charge in [0.15, 0.2) is 0 Å². The van der Waals surface area contributed by atoms with Crippen molar-refractivity contribution in [3.05, 3.63) is 28.8 Å². The molecule has 0 spiro atoms. The Hall–Kier alpha value is -1.66. The molecule has 17 heavy (non-hydrogen) atoms. The highest BCUT2D eigenvalue weighted by atomic mass is 35.5. The fraction of sp³-hybridized carbons (Fsp3) is 0.308. The number of carbonyl (C=O) groups excluding carboxylic acids is 1. The van der Waals surface area contributed by atoms with Crippen LogP contribution in [0.15, 0.2) is 18.2 Å². The lowest BCUT2D eigenvalue weighted by Crippen LogP contribution is -2.22. The van der Waals surface area contributed by atoms with Crippen LogP contribution in [-0.4, -0.2) is 11.6 Å². The number of rotatable bonds is 0. The number of benzene rings is 1. The first-order valence-electron chi connectivity index (χ1n) is 5.08. The highest BCUT2D eigenvalue weighted by Gasteiger charge is 2.14. The van der Waals surface area contributed by atoms with Crippen LogP contribution in [0.25, 0.3) is 0 Å². The predicted molar refractivity (Wildman–Crippen MR) is 68.6 cm³/mol. The summed E-state index contributed by atoms with van der Waals surface area (Å²) in [6.07, 6.45) is 0. The van der Waals surface area contributed by atoms with Crippen LogP contribution in [0.4, 0.5) is 5.69 Å². The first kappa shape index (κ1) is 13.4. The zero-order valence-electron chi connectivity index (χ0n) is 10.0. The minimum atomic E-state index is -0.564. The number of nitrogen functional groups attached to an aromatic ring is 1. The molecule has 90 valence electrons. The highest BCUT2D eigenvalue weighted by Crippen LogP contribution is 2.18. The van der Waals surface area contributed by atoms with E-state index in [2.05, 4.69) is 11.8 Å². The molecule has 1 aromatic rings. The van der Waals surface area contributed by atoms with Crippen LogP contribution in [-0.2, 0) is 9.53 Å². The maximum absolute atomic E-state index is 11.3. The Morgan fingerprint density at radius 2 is 2.06 bits per heavy atom. The molecule has 1 aromatic carbocycles. The SMILES string of the molecule is CC(C)(C)OC(=O)C#Cc1ccc(Cl)c(N)c1. The lowest BCUT2D eigenvalue weighted by molar-refractivity contribution is -0.147. The second kappa shape index (κ2) is 5.11. The summed E-state index contributed by atoms with van der Waals surface area (Å²) in [6, 6.07) is 4.94. The molecule has 0 aliphatic heterocycles. The Bertz CT molecular complexity index is 492. The topological polar surface area (TPSA) is 52.3 Å². The van der Waals surface area contributed by atoms with Crippen molar-refractivity contribution in [3.8, 4) is 11.8 Å². The second-order valence-corrected chi connectivity index (χ2v) is 4.90. The molecular formula is C13H14ClNO2. The summed E-state index contributed by atoms with van der Waals surface area (Å²) in [5.41, 5.74) is 6.13. The zero-order chi connectivity index (χ0) is 13.1. The van der Waals surface area contributed by atoms with Crippen molar-refractivity contribution in [1.82, 2.24) is 0 Å². The number of esters is 1. The van der Waals surface area contributed by atoms with Gasteiger partial charge in [0.2, 0.25) is 0 Å². The minimum Gasteiger partial charge on any atom is -0.450 e. The summed E-state index contributed by atoms with van der Waals surface area (Å²) >= 11 is 5.77. The predicted octanol–water partition coefficient (Wildman–Crippen LogP) is 2.62. The lowest BCUT2D eigenvalue weighted by Gasteiger charge is -2.16. The molecule has 3 nitrogen and oxygen atoms in total. The van der Waals surface area contributed by atoms with Crippen LogP contribution < -0.4 is 5.73 Å². The molecule has 0 radical (unpaired) electrons. The Kier molecular flexibility index (Phi) is 4.03. The van der Waals surface area contributed by atoms with Crippen LogP contribution in [0.3, 0.4) is 0 Å². The van der Waals surface area contributed by atoms with E-state index in [0.29, 0.717) is 16.3 Å². The molecule has 0 heterocycles. The van der Waals surface area contributed by atoms with E-state index >= 15 is 0 Å². The van der Waals surface area contributed by atoms with Crippen molar-refractivity contribution in [2.24, 2.45) is 0 Å². The van der Waals surface area contributed by atoms with Crippen molar-refractivity contribution in [1.29, 1.82) is 0 Å². The largest absolute Gasteiger partial charge is 0.450 e. The average Bonchev–Trinajstić information content (AvgIpc) is 2.17. The molecule has 0 aliphatic rings. The van der Waals surface area contributed by atoms with Gasteiger partial charge in [-0.1, -0.05) is 17.5 Å². The third-order valence-corrected chi connectivity index (χ3v) is 2.05. The smallest absolute Gasteiger partial charge is 0.385 e. The highest BCUT2D eigenvalue weighted by molar-refractivity contribution is 6.33. The fourth-order valence-electron chi connectivity index (χ4n) is 1.05. The van der Waals surface area contributed by atoms with E-state index in [9.17, 15) is 4.79 Å². The van der Waals surface area contributed by atoms with Gasteiger partial charge in [-0.2, -0.15) is 0 Å². The van der Waals surface area contributed by atoms with Crippen LogP contribution in [0.5, 0.6) is 0 Å². The van der Waals surface area contributed by atoms with Crippen molar-refractivity contribution >= 4 is 23.3 Å². The molecule has 4 heteroatoms. The van der Waals surface area contributed by atoms with Crippen molar-refractivity contribution in [2.45, 2.75) is 26.4 Å². The third-order valence-electron chi connectivity index (χ3n) is 1.70. The van der Waals surface area contributed by atoms with E-state index in [1.54, 1.807) is 39.0 Å². The first-order chi connectivity index (χ1) is 7.78. The summed E-state index contributed by atoms with van der Waals surface area (Å²) in [7, 11) is 0. The van der Waals surface area contributed by atoms with E-state index in [1.807, 2.05) is 0 Å². The maximum Gasteiger partial charge on any atom is 0.385 e. The fourth-order valence-corrected chi connectivity index (χ4v) is 1.17. The van der Waals surface area contributed by atoms with Gasteiger partial charge in [0.05, 0.1) is 10.7 Å². The van der Waals surface area contributed by atoms with Crippen LogP contribution in [0.2, 0.25) is 5.02 Å². The third kappa shape index (κ3) is 4.80. The summed E-state index contributed by atoms with van der Waals surface area (Å²) in [5.74, 6) is 4.50. The van der Waals surface area contributed by atoms with Crippen molar-refractivity contribution < 1.29 is 9.53 Å². The normalized spacial score (nSPS) is 10.4. The molecule has 0 saturated heterocycles. The molecule has 0 amide bonds. The summed E-state index contributed by atoms with van der Waals surface area (Å²) in [5, 5.41) is 0.466. The average molecular weight is 252 g/mol. The number of ether oxygens (including phenoxy) is 1. The summed E-state index contributed by atoms with van der Waals surface area (Å²) < 4.78 is 5.04. The monoisotopic (exact) mass is 251 g/mol. The number of nitrogens with two attached hydrogens (primary N) is 1. The molecule has 0 fully saturated rings. The molecule has 0 bridgehead atoms. The van der Waals surface area contributed by atoms with Crippen LogP contribution in [0.1, 0.15) is 26.3 Å². The van der Waals surface area contributed by atoms with Gasteiger partial charge in [-0.05, 0) is 39.0 Å². The maximum atomic E-state index is 11.3. The summed E-state index contributed by atoms with van der Waals surface area (Å²) in [4.78, 5) is 11.3. The standard InChI is InChI=1S/C13H14ClNO2/c1-13(2,3)17-12(16)7-5-9-4-6-10(14)11(15)8-9/h4,6,8H,15H2,1-3H3. The van der Waals surface area contributed by atoms with E-state index in [0.717, 1.165) is 0 Å². The van der Waals surface area contributed by atoms with E-state index < -0.39 is 11.6 Å². The number of hydrogen-bond acceptors (Lipinski definition) is 3. The number of anilines is 1. The van der Waals surface area contributed by atoms with Crippen LogP contribution >= 0.6 is 11.6 Å². The summed E-state index contributed by atoms with van der Waals surface area (Å²) in [6.45, 7) is 5.35. The van der Waals surface area contributed by atoms with Gasteiger partial charge in [0.25, 0.3) is 0 Å². The zero-order valence-corrected chi connectivity index (χ0v) is 10.8. The van der Waals surface area contributed by atoms with Crippen molar-refractivity contribution in [2.75, 3.05) is 5.73 Å². The van der Waals surface area contributed by atoms with Crippen molar-refractivity contribution in [3.63, 3.8) is 0 Å². The Morgan fingerprint density at radius 3 is 2.59 bits per heavy atom. The number of carbonyl (C=O) groups is 1. The molecule has 1 rings (SSSR count). The quantitative estimate of drug-likeness (QED) is 0.438. The molecular weight excluding hydrogens is 238 g/mol. The first-order valence-corrected chi connectivity index (χ1v) is 5.46. The van der Waals surface area contributed by atoms with Gasteiger partial charge in [-0.25, -0.2) is 4.79 Å². The Labute approximate surface area is 106 Å². The van der Waals surface area contributed by atoms with Crippen LogP contribution in [0, 0.1) is 11.8 Å². The minimum absolute atomic E-state index is 0.433. The van der Waals surface area contributed by atoms with E-state index in [1.165, 1.54) is 0 Å². The van der Waals surface area contributed by atoms with E-state index in [-0.39, 0.29) is 0 Å². The van der Waals surface area contributed by atoms with Gasteiger partial charge in [-0.3, -0.25) is 0 Å². The molecule has 0 unspecified atom stereocenters. The molecule has 0 atom stereocenters. The second-order valence-electron chi connectivity index (χ2n) is 4.49. The van der Waals surface area contributed by atoms with Gasteiger partial charge < -0.3 is 10.5 Å². The molecule has 0 saturated carbocycles.